The predicted molar refractivity (Wildman–Crippen MR) is 75.6 cm³/mol. The zero-order valence-corrected chi connectivity index (χ0v) is 11.9. The third kappa shape index (κ3) is 3.16. The van der Waals surface area contributed by atoms with Crippen molar-refractivity contribution in [2.45, 2.75) is 13.3 Å². The number of phenols is 1. The number of phenolic OH excluding ortho intramolecular Hbond substituents is 1. The van der Waals surface area contributed by atoms with Crippen LogP contribution in [-0.2, 0) is 4.79 Å². The number of rotatable bonds is 3. The second-order valence-electron chi connectivity index (χ2n) is 5.55. The van der Waals surface area contributed by atoms with Gasteiger partial charge in [-0.2, -0.15) is 0 Å². The highest BCUT2D eigenvalue weighted by molar-refractivity contribution is 5.95. The summed E-state index contributed by atoms with van der Waals surface area (Å²) in [5, 5.41) is 29.3. The smallest absolute Gasteiger partial charge is 0.311 e. The Bertz CT molecular complexity index is 630. The number of piperidine rings is 1. The summed E-state index contributed by atoms with van der Waals surface area (Å²) in [7, 11) is 0. The molecule has 2 rings (SSSR count). The van der Waals surface area contributed by atoms with E-state index in [0.717, 1.165) is 12.1 Å². The molecule has 0 aliphatic carbocycles. The van der Waals surface area contributed by atoms with E-state index < -0.39 is 34.2 Å². The van der Waals surface area contributed by atoms with Gasteiger partial charge in [-0.1, -0.05) is 6.92 Å². The number of carbonyl (C=O) groups excluding carboxylic acids is 1. The van der Waals surface area contributed by atoms with Crippen molar-refractivity contribution in [1.29, 1.82) is 0 Å². The molecular formula is C14H16N2O6. The quantitative estimate of drug-likeness (QED) is 0.644. The maximum atomic E-state index is 12.4. The number of benzene rings is 1. The number of hydrogen-bond donors (Lipinski definition) is 2. The minimum atomic E-state index is -0.957. The second-order valence-corrected chi connectivity index (χ2v) is 5.55. The molecule has 1 aromatic rings. The molecule has 1 aliphatic heterocycles. The number of nitro benzene ring substituents is 1. The zero-order valence-electron chi connectivity index (χ0n) is 11.9. The van der Waals surface area contributed by atoms with Crippen LogP contribution >= 0.6 is 0 Å². The van der Waals surface area contributed by atoms with Gasteiger partial charge in [-0.3, -0.25) is 19.7 Å². The Morgan fingerprint density at radius 1 is 1.36 bits per heavy atom. The topological polar surface area (TPSA) is 121 Å². The van der Waals surface area contributed by atoms with E-state index in [1.807, 2.05) is 6.92 Å². The maximum absolute atomic E-state index is 12.4. The average Bonchev–Trinajstić information content (AvgIpc) is 2.46. The lowest BCUT2D eigenvalue weighted by Crippen LogP contribution is -2.45. The van der Waals surface area contributed by atoms with Crippen molar-refractivity contribution in [2.75, 3.05) is 13.1 Å². The van der Waals surface area contributed by atoms with Crippen molar-refractivity contribution in [3.63, 3.8) is 0 Å². The molecule has 0 bridgehead atoms. The van der Waals surface area contributed by atoms with E-state index >= 15 is 0 Å². The van der Waals surface area contributed by atoms with Crippen LogP contribution in [0.3, 0.4) is 0 Å². The van der Waals surface area contributed by atoms with Gasteiger partial charge in [0, 0.05) is 24.7 Å². The van der Waals surface area contributed by atoms with E-state index in [-0.39, 0.29) is 18.0 Å². The Kier molecular flexibility index (Phi) is 4.30. The first-order chi connectivity index (χ1) is 10.3. The summed E-state index contributed by atoms with van der Waals surface area (Å²) in [4.78, 5) is 35.0. The third-order valence-electron chi connectivity index (χ3n) is 3.72. The van der Waals surface area contributed by atoms with E-state index in [1.54, 1.807) is 0 Å². The van der Waals surface area contributed by atoms with Gasteiger partial charge in [-0.15, -0.1) is 0 Å². The van der Waals surface area contributed by atoms with Gasteiger partial charge in [0.25, 0.3) is 5.91 Å². The Morgan fingerprint density at radius 2 is 2.05 bits per heavy atom. The number of nitrogens with zero attached hydrogens (tertiary/aromatic N) is 2. The van der Waals surface area contributed by atoms with Crippen molar-refractivity contribution in [2.24, 2.45) is 11.8 Å². The molecule has 22 heavy (non-hydrogen) atoms. The lowest BCUT2D eigenvalue weighted by atomic mass is 9.90. The summed E-state index contributed by atoms with van der Waals surface area (Å²) in [6, 6.07) is 3.39. The molecule has 1 saturated heterocycles. The van der Waals surface area contributed by atoms with E-state index in [9.17, 15) is 24.8 Å². The van der Waals surface area contributed by atoms with Crippen molar-refractivity contribution in [3.05, 3.63) is 33.9 Å². The summed E-state index contributed by atoms with van der Waals surface area (Å²) < 4.78 is 0. The molecule has 1 fully saturated rings. The fourth-order valence-corrected chi connectivity index (χ4v) is 2.68. The molecule has 0 spiro atoms. The molecule has 2 atom stereocenters. The van der Waals surface area contributed by atoms with Gasteiger partial charge in [-0.05, 0) is 24.5 Å². The molecule has 0 saturated carbocycles. The minimum Gasteiger partial charge on any atom is -0.502 e. The van der Waals surface area contributed by atoms with E-state index in [0.29, 0.717) is 13.0 Å². The fraction of sp³-hybridized carbons (Fsp3) is 0.429. The van der Waals surface area contributed by atoms with Gasteiger partial charge >= 0.3 is 11.7 Å². The zero-order chi connectivity index (χ0) is 16.4. The number of likely N-dealkylation sites (tertiary alicyclic amines) is 1. The number of carbonyl (C=O) groups is 2. The van der Waals surface area contributed by atoms with Crippen LogP contribution in [0.15, 0.2) is 18.2 Å². The standard InChI is InChI=1S/C14H16N2O6/c1-8-4-10(14(19)20)7-15(6-8)13(18)9-2-3-12(17)11(5-9)16(21)22/h2-3,5,8,10,17H,4,6-7H2,1H3,(H,19,20). The molecule has 8 heteroatoms. The highest BCUT2D eigenvalue weighted by Crippen LogP contribution is 2.28. The molecule has 2 unspecified atom stereocenters. The highest BCUT2D eigenvalue weighted by atomic mass is 16.6. The summed E-state index contributed by atoms with van der Waals surface area (Å²) in [5.74, 6) is -2.55. The van der Waals surface area contributed by atoms with Gasteiger partial charge in [0.15, 0.2) is 5.75 Å². The first kappa shape index (κ1) is 15.7. The van der Waals surface area contributed by atoms with Crippen molar-refractivity contribution in [3.8, 4) is 5.75 Å². The molecule has 0 radical (unpaired) electrons. The average molecular weight is 308 g/mol. The van der Waals surface area contributed by atoms with Crippen LogP contribution in [0.5, 0.6) is 5.75 Å². The normalized spacial score (nSPS) is 21.4. The van der Waals surface area contributed by atoms with E-state index in [2.05, 4.69) is 0 Å². The van der Waals surface area contributed by atoms with Gasteiger partial charge in [-0.25, -0.2) is 0 Å². The fourth-order valence-electron chi connectivity index (χ4n) is 2.68. The molecule has 2 N–H and O–H groups in total. The van der Waals surface area contributed by atoms with Crippen LogP contribution < -0.4 is 0 Å². The lowest BCUT2D eigenvalue weighted by Gasteiger charge is -2.34. The monoisotopic (exact) mass is 308 g/mol. The van der Waals surface area contributed by atoms with Gasteiger partial charge in [0.1, 0.15) is 0 Å². The SMILES string of the molecule is CC1CC(C(=O)O)CN(C(=O)c2ccc(O)c([N+](=O)[O-])c2)C1. The van der Waals surface area contributed by atoms with Crippen LogP contribution in [0, 0.1) is 22.0 Å². The van der Waals surface area contributed by atoms with Crippen LogP contribution in [0.1, 0.15) is 23.7 Å². The summed E-state index contributed by atoms with van der Waals surface area (Å²) in [5.41, 5.74) is -0.492. The van der Waals surface area contributed by atoms with Gasteiger partial charge in [0.2, 0.25) is 0 Å². The Balaban J connectivity index is 2.25. The van der Waals surface area contributed by atoms with Crippen molar-refractivity contribution < 1.29 is 24.7 Å². The third-order valence-corrected chi connectivity index (χ3v) is 3.72. The first-order valence-corrected chi connectivity index (χ1v) is 6.79. The maximum Gasteiger partial charge on any atom is 0.311 e. The minimum absolute atomic E-state index is 0.0332. The summed E-state index contributed by atoms with van der Waals surface area (Å²) >= 11 is 0. The van der Waals surface area contributed by atoms with Crippen LogP contribution in [0.4, 0.5) is 5.69 Å². The molecular weight excluding hydrogens is 292 g/mol. The molecule has 1 aromatic carbocycles. The van der Waals surface area contributed by atoms with Crippen LogP contribution in [-0.4, -0.2) is 45.0 Å². The lowest BCUT2D eigenvalue weighted by molar-refractivity contribution is -0.385. The number of aliphatic carboxylic acids is 1. The molecule has 1 amide bonds. The Morgan fingerprint density at radius 3 is 2.64 bits per heavy atom. The highest BCUT2D eigenvalue weighted by Gasteiger charge is 2.32. The molecule has 8 nitrogen and oxygen atoms in total. The largest absolute Gasteiger partial charge is 0.502 e. The van der Waals surface area contributed by atoms with Gasteiger partial charge in [0.05, 0.1) is 10.8 Å². The molecule has 0 aromatic heterocycles. The molecule has 1 aliphatic rings. The summed E-state index contributed by atoms with van der Waals surface area (Å²) in [6.45, 7) is 2.33. The number of nitro groups is 1. The number of aromatic hydroxyl groups is 1. The van der Waals surface area contributed by atoms with E-state index in [4.69, 9.17) is 5.11 Å². The number of carboxylic acids is 1. The van der Waals surface area contributed by atoms with Crippen molar-refractivity contribution in [1.82, 2.24) is 4.90 Å². The van der Waals surface area contributed by atoms with Gasteiger partial charge < -0.3 is 15.1 Å². The number of amides is 1. The van der Waals surface area contributed by atoms with Crippen LogP contribution in [0.25, 0.3) is 0 Å². The number of carboxylic acid groups (broad SMARTS) is 1. The van der Waals surface area contributed by atoms with Crippen LogP contribution in [0.2, 0.25) is 0 Å². The Labute approximate surface area is 126 Å². The number of hydrogen-bond acceptors (Lipinski definition) is 5. The molecule has 1 heterocycles. The molecule has 118 valence electrons. The first-order valence-electron chi connectivity index (χ1n) is 6.79. The Hall–Kier alpha value is -2.64. The van der Waals surface area contributed by atoms with E-state index in [1.165, 1.54) is 11.0 Å². The summed E-state index contributed by atoms with van der Waals surface area (Å²) in [6.07, 6.45) is 0.495. The van der Waals surface area contributed by atoms with Crippen molar-refractivity contribution >= 4 is 17.6 Å². The predicted octanol–water partition coefficient (Wildman–Crippen LogP) is 1.48. The second kappa shape index (κ2) is 6.00.